The summed E-state index contributed by atoms with van der Waals surface area (Å²) < 4.78 is 6.03. The minimum absolute atomic E-state index is 0.547. The van der Waals surface area contributed by atoms with E-state index in [-0.39, 0.29) is 0 Å². The van der Waals surface area contributed by atoms with E-state index in [0.717, 1.165) is 47.2 Å². The third kappa shape index (κ3) is 1.75. The Balaban J connectivity index is 1.69. The Bertz CT molecular complexity index is 480. The molecule has 0 spiro atoms. The highest BCUT2D eigenvalue weighted by Crippen LogP contribution is 2.59. The molecule has 0 aromatic carbocycles. The predicted octanol–water partition coefficient (Wildman–Crippen LogP) is 4.16. The van der Waals surface area contributed by atoms with Crippen LogP contribution in [0.5, 0.6) is 0 Å². The maximum Gasteiger partial charge on any atom is 0.121 e. The van der Waals surface area contributed by atoms with Gasteiger partial charge in [0.05, 0.1) is 17.4 Å². The van der Waals surface area contributed by atoms with Gasteiger partial charge in [0.2, 0.25) is 0 Å². The van der Waals surface area contributed by atoms with Crippen molar-refractivity contribution in [2.24, 2.45) is 29.6 Å². The van der Waals surface area contributed by atoms with Gasteiger partial charge in [-0.05, 0) is 68.8 Å². The van der Waals surface area contributed by atoms with Crippen molar-refractivity contribution in [3.63, 3.8) is 0 Å². The molecule has 0 atom stereocenters. The van der Waals surface area contributed by atoms with Gasteiger partial charge in [0.25, 0.3) is 0 Å². The van der Waals surface area contributed by atoms with E-state index in [1.807, 2.05) is 13.0 Å². The molecule has 4 bridgehead atoms. The second-order valence-electron chi connectivity index (χ2n) is 7.03. The molecule has 0 amide bonds. The smallest absolute Gasteiger partial charge is 0.121 e. The van der Waals surface area contributed by atoms with Crippen LogP contribution in [0.25, 0.3) is 0 Å². The minimum atomic E-state index is 0.547. The Morgan fingerprint density at radius 2 is 1.74 bits per heavy atom. The van der Waals surface area contributed by atoms with Crippen molar-refractivity contribution in [1.82, 2.24) is 0 Å². The van der Waals surface area contributed by atoms with Crippen LogP contribution in [0.3, 0.4) is 0 Å². The summed E-state index contributed by atoms with van der Waals surface area (Å²) in [6.07, 6.45) is 9.82. The molecule has 4 fully saturated rings. The number of hydrogen-bond acceptors (Lipinski definition) is 2. The molecular weight excluding hydrogens is 234 g/mol. The lowest BCUT2D eigenvalue weighted by Gasteiger charge is -2.54. The molecule has 5 aliphatic rings. The Labute approximate surface area is 115 Å². The zero-order valence-electron chi connectivity index (χ0n) is 11.6. The molecule has 100 valence electrons. The first-order valence-electron chi connectivity index (χ1n) is 7.72. The summed E-state index contributed by atoms with van der Waals surface area (Å²) in [4.78, 5) is 0. The molecular formula is C17H21NO. The molecule has 2 nitrogen and oxygen atoms in total. The van der Waals surface area contributed by atoms with Gasteiger partial charge in [-0.15, -0.1) is 0 Å². The SMILES string of the molecule is CC1=CCC(C#N)=C(C2C3CC4CC(C3)CC2C4)O1. The van der Waals surface area contributed by atoms with Crippen molar-refractivity contribution >= 4 is 0 Å². The Morgan fingerprint density at radius 1 is 1.11 bits per heavy atom. The monoisotopic (exact) mass is 255 g/mol. The maximum absolute atomic E-state index is 9.39. The second kappa shape index (κ2) is 4.13. The van der Waals surface area contributed by atoms with E-state index in [1.165, 1.54) is 32.1 Å². The van der Waals surface area contributed by atoms with Crippen molar-refractivity contribution in [3.05, 3.63) is 23.2 Å². The molecule has 4 saturated carbocycles. The van der Waals surface area contributed by atoms with Crippen molar-refractivity contribution in [1.29, 1.82) is 5.26 Å². The quantitative estimate of drug-likeness (QED) is 0.704. The van der Waals surface area contributed by atoms with Crippen molar-refractivity contribution in [2.45, 2.75) is 45.4 Å². The number of nitriles is 1. The van der Waals surface area contributed by atoms with E-state index < -0.39 is 0 Å². The number of ether oxygens (including phenoxy) is 1. The molecule has 0 aromatic heterocycles. The first kappa shape index (κ1) is 11.6. The lowest BCUT2D eigenvalue weighted by atomic mass is 9.51. The fourth-order valence-corrected chi connectivity index (χ4v) is 5.35. The molecule has 4 aliphatic carbocycles. The molecule has 0 saturated heterocycles. The van der Waals surface area contributed by atoms with Gasteiger partial charge in [0.15, 0.2) is 0 Å². The van der Waals surface area contributed by atoms with Crippen LogP contribution in [-0.2, 0) is 4.74 Å². The van der Waals surface area contributed by atoms with E-state index in [9.17, 15) is 5.26 Å². The fraction of sp³-hybridized carbons (Fsp3) is 0.706. The maximum atomic E-state index is 9.39. The highest BCUT2D eigenvalue weighted by molar-refractivity contribution is 5.33. The number of rotatable bonds is 1. The van der Waals surface area contributed by atoms with E-state index >= 15 is 0 Å². The Kier molecular flexibility index (Phi) is 2.52. The largest absolute Gasteiger partial charge is 0.465 e. The zero-order valence-corrected chi connectivity index (χ0v) is 11.6. The number of hydrogen-bond donors (Lipinski definition) is 0. The van der Waals surface area contributed by atoms with Gasteiger partial charge >= 0.3 is 0 Å². The predicted molar refractivity (Wildman–Crippen MR) is 72.6 cm³/mol. The summed E-state index contributed by atoms with van der Waals surface area (Å²) in [5.74, 6) is 6.13. The summed E-state index contributed by atoms with van der Waals surface area (Å²) in [5.41, 5.74) is 0.892. The van der Waals surface area contributed by atoms with E-state index in [2.05, 4.69) is 6.07 Å². The van der Waals surface area contributed by atoms with Crippen LogP contribution in [0.2, 0.25) is 0 Å². The fourth-order valence-electron chi connectivity index (χ4n) is 5.35. The summed E-state index contributed by atoms with van der Waals surface area (Å²) in [7, 11) is 0. The van der Waals surface area contributed by atoms with Gasteiger partial charge in [-0.3, -0.25) is 0 Å². The second-order valence-corrected chi connectivity index (χ2v) is 7.03. The summed E-state index contributed by atoms with van der Waals surface area (Å²) in [6, 6.07) is 2.39. The number of allylic oxidation sites excluding steroid dienone is 4. The molecule has 2 heteroatoms. The molecule has 0 N–H and O–H groups in total. The summed E-state index contributed by atoms with van der Waals surface area (Å²) in [5, 5.41) is 9.39. The topological polar surface area (TPSA) is 33.0 Å². The van der Waals surface area contributed by atoms with E-state index in [1.54, 1.807) is 0 Å². The average molecular weight is 255 g/mol. The third-order valence-corrected chi connectivity index (χ3v) is 5.83. The zero-order chi connectivity index (χ0) is 13.0. The van der Waals surface area contributed by atoms with Gasteiger partial charge in [-0.25, -0.2) is 0 Å². The first-order valence-corrected chi connectivity index (χ1v) is 7.72. The average Bonchev–Trinajstić information content (AvgIpc) is 2.37. The van der Waals surface area contributed by atoms with Gasteiger partial charge in [0.1, 0.15) is 5.76 Å². The van der Waals surface area contributed by atoms with Crippen LogP contribution in [0.15, 0.2) is 23.2 Å². The highest BCUT2D eigenvalue weighted by atomic mass is 16.5. The van der Waals surface area contributed by atoms with Gasteiger partial charge in [-0.1, -0.05) is 0 Å². The molecule has 0 radical (unpaired) electrons. The standard InChI is InChI=1S/C17H21NO/c1-10-2-3-13(9-18)17(19-10)16-14-5-11-4-12(7-14)8-15(16)6-11/h2,11-12,14-16H,3-8H2,1H3. The molecule has 0 unspecified atom stereocenters. The Hall–Kier alpha value is -1.23. The summed E-state index contributed by atoms with van der Waals surface area (Å²) in [6.45, 7) is 2.02. The van der Waals surface area contributed by atoms with E-state index in [0.29, 0.717) is 5.92 Å². The van der Waals surface area contributed by atoms with Crippen molar-refractivity contribution in [3.8, 4) is 6.07 Å². The van der Waals surface area contributed by atoms with Crippen LogP contribution in [-0.4, -0.2) is 0 Å². The molecule has 5 rings (SSSR count). The Morgan fingerprint density at radius 3 is 2.32 bits per heavy atom. The van der Waals surface area contributed by atoms with Crippen LogP contribution in [0, 0.1) is 40.9 Å². The first-order chi connectivity index (χ1) is 9.24. The van der Waals surface area contributed by atoms with Crippen LogP contribution in [0.4, 0.5) is 0 Å². The highest BCUT2D eigenvalue weighted by Gasteiger charge is 2.50. The van der Waals surface area contributed by atoms with E-state index in [4.69, 9.17) is 4.74 Å². The van der Waals surface area contributed by atoms with Crippen molar-refractivity contribution in [2.75, 3.05) is 0 Å². The minimum Gasteiger partial charge on any atom is -0.465 e. The van der Waals surface area contributed by atoms with Crippen molar-refractivity contribution < 1.29 is 4.74 Å². The van der Waals surface area contributed by atoms with Gasteiger partial charge in [0, 0.05) is 12.3 Å². The molecule has 1 heterocycles. The lowest BCUT2D eigenvalue weighted by Crippen LogP contribution is -2.46. The molecule has 0 aromatic rings. The lowest BCUT2D eigenvalue weighted by molar-refractivity contribution is -0.0391. The summed E-state index contributed by atoms with van der Waals surface area (Å²) >= 11 is 0. The number of nitrogens with zero attached hydrogens (tertiary/aromatic N) is 1. The van der Waals surface area contributed by atoms with Crippen LogP contribution >= 0.6 is 0 Å². The van der Waals surface area contributed by atoms with Gasteiger partial charge < -0.3 is 4.74 Å². The molecule has 1 aliphatic heterocycles. The normalized spacial score (nSPS) is 43.8. The third-order valence-electron chi connectivity index (χ3n) is 5.83. The van der Waals surface area contributed by atoms with Gasteiger partial charge in [-0.2, -0.15) is 5.26 Å². The van der Waals surface area contributed by atoms with Crippen LogP contribution in [0.1, 0.15) is 45.4 Å². The molecule has 19 heavy (non-hydrogen) atoms. The van der Waals surface area contributed by atoms with Crippen LogP contribution < -0.4 is 0 Å².